The first-order valence-corrected chi connectivity index (χ1v) is 4.58. The van der Waals surface area contributed by atoms with E-state index in [2.05, 4.69) is 14.7 Å². The molecule has 3 N–H and O–H groups in total. The van der Waals surface area contributed by atoms with E-state index in [1.807, 2.05) is 0 Å². The second-order valence-electron chi connectivity index (χ2n) is 3.65. The van der Waals surface area contributed by atoms with Crippen molar-refractivity contribution in [3.63, 3.8) is 0 Å². The van der Waals surface area contributed by atoms with Gasteiger partial charge in [0.25, 0.3) is 0 Å². The summed E-state index contributed by atoms with van der Waals surface area (Å²) in [5.74, 6) is 0.274. The van der Waals surface area contributed by atoms with Crippen molar-refractivity contribution in [3.05, 3.63) is 17.7 Å². The highest BCUT2D eigenvalue weighted by atomic mass is 35.5. The van der Waals surface area contributed by atoms with Crippen LogP contribution < -0.4 is 5.73 Å². The molecule has 0 amide bonds. The minimum Gasteiger partial charge on any atom is -0.464 e. The monoisotopic (exact) mass is 267 g/mol. The van der Waals surface area contributed by atoms with Gasteiger partial charge in [-0.3, -0.25) is 0 Å². The summed E-state index contributed by atoms with van der Waals surface area (Å²) in [6, 6.07) is 0. The Hall–Kier alpha value is -0.780. The Morgan fingerprint density at radius 3 is 2.62 bits per heavy atom. The highest BCUT2D eigenvalue weighted by molar-refractivity contribution is 5.86. The molecule has 1 saturated carbocycles. The van der Waals surface area contributed by atoms with Crippen LogP contribution in [0.25, 0.3) is 0 Å². The lowest BCUT2D eigenvalue weighted by atomic mass is 9.77. The number of nitrogens with two attached hydrogens (primary N) is 1. The van der Waals surface area contributed by atoms with Gasteiger partial charge in [-0.1, -0.05) is 0 Å². The third kappa shape index (κ3) is 2.48. The summed E-state index contributed by atoms with van der Waals surface area (Å²) in [6.45, 7) is 0. The smallest absolute Gasteiger partial charge is 0.356 e. The maximum atomic E-state index is 11.1. The van der Waals surface area contributed by atoms with E-state index in [0.29, 0.717) is 11.5 Å². The van der Waals surface area contributed by atoms with Gasteiger partial charge in [0, 0.05) is 0 Å². The molecule has 2 rings (SSSR count). The molecule has 1 heterocycles. The van der Waals surface area contributed by atoms with Gasteiger partial charge in [-0.05, 0) is 19.3 Å². The van der Waals surface area contributed by atoms with Crippen molar-refractivity contribution in [3.8, 4) is 0 Å². The van der Waals surface area contributed by atoms with Crippen molar-refractivity contribution in [1.29, 1.82) is 0 Å². The average Bonchev–Trinajstić information content (AvgIpc) is 2.62. The van der Waals surface area contributed by atoms with Crippen LogP contribution in [0.2, 0.25) is 0 Å². The first-order valence-electron chi connectivity index (χ1n) is 4.58. The molecule has 0 unspecified atom stereocenters. The van der Waals surface area contributed by atoms with E-state index in [0.717, 1.165) is 19.3 Å². The van der Waals surface area contributed by atoms with E-state index in [1.165, 1.54) is 13.3 Å². The van der Waals surface area contributed by atoms with Crippen molar-refractivity contribution in [1.82, 2.24) is 9.97 Å². The fraction of sp³-hybridized carbons (Fsp3) is 0.556. The molecule has 0 aromatic carbocycles. The predicted octanol–water partition coefficient (Wildman–Crippen LogP) is 1.38. The molecule has 0 radical (unpaired) electrons. The molecule has 1 aromatic heterocycles. The molecule has 16 heavy (non-hydrogen) atoms. The van der Waals surface area contributed by atoms with Crippen molar-refractivity contribution in [2.24, 2.45) is 5.73 Å². The number of rotatable bonds is 2. The highest BCUT2D eigenvalue weighted by Gasteiger charge is 2.37. The van der Waals surface area contributed by atoms with Gasteiger partial charge >= 0.3 is 5.97 Å². The Bertz CT molecular complexity index is 363. The molecule has 1 fully saturated rings. The lowest BCUT2D eigenvalue weighted by Crippen LogP contribution is -2.44. The van der Waals surface area contributed by atoms with Gasteiger partial charge < -0.3 is 15.5 Å². The summed E-state index contributed by atoms with van der Waals surface area (Å²) < 4.78 is 4.56. The molecule has 1 aromatic rings. The number of aromatic nitrogens is 2. The van der Waals surface area contributed by atoms with Crippen LogP contribution in [0.15, 0.2) is 6.20 Å². The van der Waals surface area contributed by atoms with Gasteiger partial charge in [0.15, 0.2) is 0 Å². The number of imidazole rings is 1. The Balaban J connectivity index is 0.00000112. The second kappa shape index (κ2) is 5.52. The van der Waals surface area contributed by atoms with Gasteiger partial charge in [0.05, 0.1) is 18.8 Å². The molecule has 92 valence electrons. The zero-order valence-corrected chi connectivity index (χ0v) is 10.5. The number of ether oxygens (including phenoxy) is 1. The first kappa shape index (κ1) is 15.2. The highest BCUT2D eigenvalue weighted by Crippen LogP contribution is 2.36. The van der Waals surface area contributed by atoms with Crippen molar-refractivity contribution < 1.29 is 9.53 Å². The fourth-order valence-corrected chi connectivity index (χ4v) is 1.58. The summed E-state index contributed by atoms with van der Waals surface area (Å²) >= 11 is 0. The zero-order chi connectivity index (χ0) is 10.2. The SMILES string of the molecule is COC(=O)c1cnc(C2(N)CCC2)[nH]1.Cl.Cl. The Labute approximate surface area is 106 Å². The van der Waals surface area contributed by atoms with Crippen molar-refractivity contribution in [2.75, 3.05) is 7.11 Å². The van der Waals surface area contributed by atoms with Gasteiger partial charge in [0.2, 0.25) is 0 Å². The normalized spacial score (nSPS) is 16.4. The van der Waals surface area contributed by atoms with E-state index in [-0.39, 0.29) is 30.4 Å². The number of halogens is 2. The lowest BCUT2D eigenvalue weighted by molar-refractivity contribution is 0.0594. The number of aromatic amines is 1. The largest absolute Gasteiger partial charge is 0.464 e. The third-order valence-electron chi connectivity index (χ3n) is 2.70. The summed E-state index contributed by atoms with van der Waals surface area (Å²) in [6.07, 6.45) is 4.42. The first-order chi connectivity index (χ1) is 6.65. The predicted molar refractivity (Wildman–Crippen MR) is 64.1 cm³/mol. The van der Waals surface area contributed by atoms with Crippen LogP contribution in [0.4, 0.5) is 0 Å². The van der Waals surface area contributed by atoms with Gasteiger partial charge in [-0.15, -0.1) is 24.8 Å². The number of nitrogens with one attached hydrogen (secondary N) is 1. The van der Waals surface area contributed by atoms with Gasteiger partial charge in [0.1, 0.15) is 11.5 Å². The standard InChI is InChI=1S/C9H13N3O2.2ClH/c1-14-7(13)6-5-11-8(12-6)9(10)3-2-4-9;;/h5H,2-4,10H2,1H3,(H,11,12);2*1H. The van der Waals surface area contributed by atoms with Crippen LogP contribution >= 0.6 is 24.8 Å². The quantitative estimate of drug-likeness (QED) is 0.794. The van der Waals surface area contributed by atoms with E-state index >= 15 is 0 Å². The average molecular weight is 268 g/mol. The number of hydrogen-bond donors (Lipinski definition) is 2. The number of methoxy groups -OCH3 is 1. The number of carbonyl (C=O) groups excluding carboxylic acids is 1. The fourth-order valence-electron chi connectivity index (χ4n) is 1.58. The number of esters is 1. The minimum absolute atomic E-state index is 0. The molecule has 0 atom stereocenters. The minimum atomic E-state index is -0.410. The topological polar surface area (TPSA) is 81.0 Å². The van der Waals surface area contributed by atoms with E-state index in [1.54, 1.807) is 0 Å². The van der Waals surface area contributed by atoms with Crippen molar-refractivity contribution in [2.45, 2.75) is 24.8 Å². The van der Waals surface area contributed by atoms with Crippen molar-refractivity contribution >= 4 is 30.8 Å². The molecular weight excluding hydrogens is 253 g/mol. The van der Waals surface area contributed by atoms with Crippen LogP contribution in [0.3, 0.4) is 0 Å². The molecular formula is C9H15Cl2N3O2. The number of nitrogens with zero attached hydrogens (tertiary/aromatic N) is 1. The van der Waals surface area contributed by atoms with Crippen LogP contribution in [-0.2, 0) is 10.3 Å². The summed E-state index contributed by atoms with van der Waals surface area (Å²) in [5, 5.41) is 0. The Morgan fingerprint density at radius 1 is 1.56 bits per heavy atom. The van der Waals surface area contributed by atoms with Crippen LogP contribution in [0.5, 0.6) is 0 Å². The summed E-state index contributed by atoms with van der Waals surface area (Å²) in [5.41, 5.74) is 6.04. The third-order valence-corrected chi connectivity index (χ3v) is 2.70. The van der Waals surface area contributed by atoms with Crippen LogP contribution in [0.1, 0.15) is 35.6 Å². The number of H-pyrrole nitrogens is 1. The molecule has 7 heteroatoms. The number of carbonyl (C=O) groups is 1. The number of hydrogen-bond acceptors (Lipinski definition) is 4. The van der Waals surface area contributed by atoms with E-state index < -0.39 is 5.97 Å². The van der Waals surface area contributed by atoms with Crippen LogP contribution in [-0.4, -0.2) is 23.0 Å². The lowest BCUT2D eigenvalue weighted by Gasteiger charge is -2.35. The Morgan fingerprint density at radius 2 is 2.19 bits per heavy atom. The maximum Gasteiger partial charge on any atom is 0.356 e. The summed E-state index contributed by atoms with van der Waals surface area (Å²) in [7, 11) is 1.34. The molecule has 0 bridgehead atoms. The molecule has 0 spiro atoms. The van der Waals surface area contributed by atoms with Gasteiger partial charge in [-0.2, -0.15) is 0 Å². The summed E-state index contributed by atoms with van der Waals surface area (Å²) in [4.78, 5) is 18.1. The van der Waals surface area contributed by atoms with E-state index in [4.69, 9.17) is 5.73 Å². The van der Waals surface area contributed by atoms with Crippen LogP contribution in [0, 0.1) is 0 Å². The molecule has 0 aliphatic heterocycles. The molecule has 1 aliphatic carbocycles. The maximum absolute atomic E-state index is 11.1. The second-order valence-corrected chi connectivity index (χ2v) is 3.65. The molecule has 1 aliphatic rings. The zero-order valence-electron chi connectivity index (χ0n) is 8.86. The van der Waals surface area contributed by atoms with E-state index in [9.17, 15) is 4.79 Å². The van der Waals surface area contributed by atoms with Gasteiger partial charge in [-0.25, -0.2) is 9.78 Å². The Kier molecular flexibility index (Phi) is 5.25. The molecule has 0 saturated heterocycles. The molecule has 5 nitrogen and oxygen atoms in total.